The average molecular weight is 288 g/mol. The van der Waals surface area contributed by atoms with Gasteiger partial charge in [0, 0.05) is 6.54 Å². The number of nitrogens with one attached hydrogen (secondary N) is 1. The summed E-state index contributed by atoms with van der Waals surface area (Å²) in [5.74, 6) is 0.0143. The molecule has 0 fully saturated rings. The van der Waals surface area contributed by atoms with Gasteiger partial charge in [-0.3, -0.25) is 4.79 Å². The second-order valence-electron chi connectivity index (χ2n) is 5.15. The number of rotatable bonds is 5. The van der Waals surface area contributed by atoms with Crippen molar-refractivity contribution in [3.8, 4) is 0 Å². The first-order valence-electron chi connectivity index (χ1n) is 6.39. The molecule has 1 aromatic rings. The minimum atomic E-state index is -4.35. The van der Waals surface area contributed by atoms with E-state index in [1.807, 2.05) is 13.8 Å². The molecule has 1 aromatic carbocycles. The van der Waals surface area contributed by atoms with Crippen LogP contribution in [0.1, 0.15) is 31.4 Å². The number of benzene rings is 1. The zero-order valence-electron chi connectivity index (χ0n) is 11.5. The highest BCUT2D eigenvalue weighted by atomic mass is 19.4. The Morgan fingerprint density at radius 1 is 1.25 bits per heavy atom. The first kappa shape index (κ1) is 16.5. The summed E-state index contributed by atoms with van der Waals surface area (Å²) in [6.45, 7) is 4.09. The Labute approximate surface area is 116 Å². The van der Waals surface area contributed by atoms with Crippen molar-refractivity contribution in [2.45, 2.75) is 39.0 Å². The van der Waals surface area contributed by atoms with Gasteiger partial charge in [-0.25, -0.2) is 0 Å². The summed E-state index contributed by atoms with van der Waals surface area (Å²) in [6, 6.07) is 4.09. The fourth-order valence-electron chi connectivity index (χ4n) is 1.75. The second-order valence-corrected chi connectivity index (χ2v) is 5.15. The van der Waals surface area contributed by atoms with E-state index in [-0.39, 0.29) is 12.5 Å². The Balaban J connectivity index is 2.52. The molecule has 0 aliphatic heterocycles. The Morgan fingerprint density at radius 3 is 2.25 bits per heavy atom. The summed E-state index contributed by atoms with van der Waals surface area (Å²) in [7, 11) is 0. The van der Waals surface area contributed by atoms with Crippen LogP contribution in [0.4, 0.5) is 13.2 Å². The summed E-state index contributed by atoms with van der Waals surface area (Å²) < 4.78 is 37.1. The molecule has 1 rings (SSSR count). The van der Waals surface area contributed by atoms with Crippen molar-refractivity contribution in [3.63, 3.8) is 0 Å². The van der Waals surface area contributed by atoms with E-state index in [0.29, 0.717) is 17.9 Å². The lowest BCUT2D eigenvalue weighted by Crippen LogP contribution is -2.41. The smallest absolute Gasteiger partial charge is 0.351 e. The van der Waals surface area contributed by atoms with Gasteiger partial charge >= 0.3 is 6.18 Å². The van der Waals surface area contributed by atoms with Crippen molar-refractivity contribution in [3.05, 3.63) is 35.4 Å². The highest BCUT2D eigenvalue weighted by Crippen LogP contribution is 2.28. The van der Waals surface area contributed by atoms with Gasteiger partial charge in [-0.2, -0.15) is 13.2 Å². The molecule has 0 spiro atoms. The van der Waals surface area contributed by atoms with E-state index in [1.165, 1.54) is 12.1 Å². The molecular formula is C14H19F3N2O. The number of nitrogens with two attached hydrogens (primary N) is 1. The third-order valence-corrected chi connectivity index (χ3v) is 2.81. The van der Waals surface area contributed by atoms with Crippen LogP contribution in [0.2, 0.25) is 0 Å². The highest BCUT2D eigenvalue weighted by molar-refractivity contribution is 5.81. The van der Waals surface area contributed by atoms with E-state index in [0.717, 1.165) is 12.1 Å². The topological polar surface area (TPSA) is 55.1 Å². The molecule has 0 radical (unpaired) electrons. The highest BCUT2D eigenvalue weighted by Gasteiger charge is 2.29. The Morgan fingerprint density at radius 2 is 1.80 bits per heavy atom. The minimum Gasteiger partial charge on any atom is -0.351 e. The summed E-state index contributed by atoms with van der Waals surface area (Å²) in [5.41, 5.74) is 5.60. The van der Waals surface area contributed by atoms with Gasteiger partial charge in [-0.15, -0.1) is 0 Å². The fourth-order valence-corrected chi connectivity index (χ4v) is 1.75. The molecule has 20 heavy (non-hydrogen) atoms. The summed E-state index contributed by atoms with van der Waals surface area (Å²) in [4.78, 5) is 11.7. The molecule has 1 amide bonds. The first-order valence-corrected chi connectivity index (χ1v) is 6.39. The predicted octanol–water partition coefficient (Wildman–Crippen LogP) is 2.70. The van der Waals surface area contributed by atoms with E-state index in [1.54, 1.807) is 0 Å². The number of hydrogen-bond acceptors (Lipinski definition) is 2. The lowest BCUT2D eigenvalue weighted by molar-refractivity contribution is -0.137. The second kappa shape index (κ2) is 6.74. The van der Waals surface area contributed by atoms with Crippen LogP contribution in [-0.2, 0) is 17.5 Å². The lowest BCUT2D eigenvalue weighted by atomic mass is 10.0. The first-order chi connectivity index (χ1) is 9.20. The van der Waals surface area contributed by atoms with E-state index < -0.39 is 17.8 Å². The Hall–Kier alpha value is -1.56. The lowest BCUT2D eigenvalue weighted by Gasteiger charge is -2.14. The molecule has 6 heteroatoms. The van der Waals surface area contributed by atoms with Crippen LogP contribution in [0.3, 0.4) is 0 Å². The fraction of sp³-hybridized carbons (Fsp3) is 0.500. The van der Waals surface area contributed by atoms with Crippen LogP contribution in [0.25, 0.3) is 0 Å². The largest absolute Gasteiger partial charge is 0.416 e. The summed E-state index contributed by atoms with van der Waals surface area (Å²) >= 11 is 0. The molecular weight excluding hydrogens is 269 g/mol. The van der Waals surface area contributed by atoms with Gasteiger partial charge in [0.15, 0.2) is 0 Å². The maximum Gasteiger partial charge on any atom is 0.416 e. The SMILES string of the molecule is CC(C)C[C@@H](N)C(=O)NCc1ccc(C(F)(F)F)cc1. The number of halogens is 3. The van der Waals surface area contributed by atoms with Crippen LogP contribution >= 0.6 is 0 Å². The van der Waals surface area contributed by atoms with E-state index in [2.05, 4.69) is 5.32 Å². The molecule has 1 atom stereocenters. The molecule has 0 saturated heterocycles. The Kier molecular flexibility index (Phi) is 5.56. The van der Waals surface area contributed by atoms with E-state index >= 15 is 0 Å². The van der Waals surface area contributed by atoms with Gasteiger partial charge in [0.25, 0.3) is 0 Å². The van der Waals surface area contributed by atoms with Gasteiger partial charge in [0.1, 0.15) is 0 Å². The van der Waals surface area contributed by atoms with Crippen LogP contribution in [-0.4, -0.2) is 11.9 Å². The maximum atomic E-state index is 12.4. The number of amides is 1. The normalized spacial score (nSPS) is 13.3. The third kappa shape index (κ3) is 5.21. The van der Waals surface area contributed by atoms with Crippen molar-refractivity contribution in [1.82, 2.24) is 5.32 Å². The number of alkyl halides is 3. The molecule has 0 unspecified atom stereocenters. The zero-order valence-corrected chi connectivity index (χ0v) is 11.5. The van der Waals surface area contributed by atoms with Gasteiger partial charge in [-0.05, 0) is 30.0 Å². The molecule has 0 aliphatic carbocycles. The quantitative estimate of drug-likeness (QED) is 0.875. The summed E-state index contributed by atoms with van der Waals surface area (Å²) in [6.07, 6.45) is -3.78. The average Bonchev–Trinajstić information content (AvgIpc) is 2.34. The van der Waals surface area contributed by atoms with Crippen molar-refractivity contribution >= 4 is 5.91 Å². The van der Waals surface area contributed by atoms with Crippen molar-refractivity contribution in [2.75, 3.05) is 0 Å². The van der Waals surface area contributed by atoms with Gasteiger partial charge in [0.05, 0.1) is 11.6 Å². The number of carbonyl (C=O) groups excluding carboxylic acids is 1. The van der Waals surface area contributed by atoms with Crippen molar-refractivity contribution in [1.29, 1.82) is 0 Å². The van der Waals surface area contributed by atoms with Crippen LogP contribution in [0, 0.1) is 5.92 Å². The van der Waals surface area contributed by atoms with Gasteiger partial charge in [0.2, 0.25) is 5.91 Å². The molecule has 0 heterocycles. The molecule has 112 valence electrons. The maximum absolute atomic E-state index is 12.4. The van der Waals surface area contributed by atoms with E-state index in [4.69, 9.17) is 5.73 Å². The molecule has 0 saturated carbocycles. The standard InChI is InChI=1S/C14H19F3N2O/c1-9(2)7-12(18)13(20)19-8-10-3-5-11(6-4-10)14(15,16)17/h3-6,9,12H,7-8,18H2,1-2H3,(H,19,20)/t12-/m1/s1. The van der Waals surface area contributed by atoms with Crippen molar-refractivity contribution in [2.24, 2.45) is 11.7 Å². The van der Waals surface area contributed by atoms with Crippen molar-refractivity contribution < 1.29 is 18.0 Å². The third-order valence-electron chi connectivity index (χ3n) is 2.81. The molecule has 0 aliphatic rings. The van der Waals surface area contributed by atoms with Crippen LogP contribution in [0.15, 0.2) is 24.3 Å². The van der Waals surface area contributed by atoms with Gasteiger partial charge in [-0.1, -0.05) is 26.0 Å². The monoisotopic (exact) mass is 288 g/mol. The number of carbonyl (C=O) groups is 1. The van der Waals surface area contributed by atoms with Crippen LogP contribution < -0.4 is 11.1 Å². The number of hydrogen-bond donors (Lipinski definition) is 2. The summed E-state index contributed by atoms with van der Waals surface area (Å²) in [5, 5.41) is 2.62. The predicted molar refractivity (Wildman–Crippen MR) is 70.7 cm³/mol. The molecule has 0 aromatic heterocycles. The Bertz CT molecular complexity index is 441. The van der Waals surface area contributed by atoms with Gasteiger partial charge < -0.3 is 11.1 Å². The van der Waals surface area contributed by atoms with E-state index in [9.17, 15) is 18.0 Å². The zero-order chi connectivity index (χ0) is 15.3. The molecule has 0 bridgehead atoms. The van der Waals surface area contributed by atoms with Crippen LogP contribution in [0.5, 0.6) is 0 Å². The molecule has 3 nitrogen and oxygen atoms in total. The molecule has 3 N–H and O–H groups in total. The minimum absolute atomic E-state index is 0.169.